The zero-order valence-electron chi connectivity index (χ0n) is 20.0. The van der Waals surface area contributed by atoms with Gasteiger partial charge in [-0.1, -0.05) is 0 Å². The Balaban J connectivity index is 1.20. The highest BCUT2D eigenvalue weighted by Gasteiger charge is 2.40. The SMILES string of the molecule is O=C(C[C@@H]1CC[C@H]2[C@@H](COC[C@@H](O)CN2C(=O)c2ccc3c(c2)OCO3)O1)NCCN1CCCC1. The number of nitrogens with one attached hydrogen (secondary N) is 1. The van der Waals surface area contributed by atoms with E-state index in [1.165, 1.54) is 12.8 Å². The molecule has 4 aliphatic heterocycles. The normalized spacial score (nSPS) is 28.8. The number of rotatable bonds is 6. The van der Waals surface area contributed by atoms with Crippen molar-refractivity contribution in [3.05, 3.63) is 23.8 Å². The van der Waals surface area contributed by atoms with Crippen molar-refractivity contribution >= 4 is 11.8 Å². The topological polar surface area (TPSA) is 110 Å². The van der Waals surface area contributed by atoms with Crippen LogP contribution in [0.5, 0.6) is 11.5 Å². The van der Waals surface area contributed by atoms with Crippen molar-refractivity contribution in [2.45, 2.75) is 56.5 Å². The second-order valence-corrected chi connectivity index (χ2v) is 9.76. The average Bonchev–Trinajstić information content (AvgIpc) is 3.53. The first-order valence-corrected chi connectivity index (χ1v) is 12.7. The molecule has 2 N–H and O–H groups in total. The molecule has 1 aromatic rings. The number of hydrogen-bond donors (Lipinski definition) is 2. The molecule has 0 aromatic heterocycles. The maximum Gasteiger partial charge on any atom is 0.254 e. The lowest BCUT2D eigenvalue weighted by molar-refractivity contribution is -0.150. The standard InChI is InChI=1S/C25H35N3O7/c29-18-13-28(25(31)17-3-6-21-22(11-17)34-16-33-21)20-5-4-19(35-23(20)15-32-14-18)12-24(30)26-7-10-27-8-1-2-9-27/h3,6,11,18-20,23,29H,1-2,4-5,7-10,12-16H2,(H,26,30)/t18-,19-,20-,23+/m0/s1. The highest BCUT2D eigenvalue weighted by Crippen LogP contribution is 2.34. The molecule has 3 fully saturated rings. The molecule has 0 spiro atoms. The number of carbonyl (C=O) groups excluding carboxylic acids is 2. The Kier molecular flexibility index (Phi) is 7.72. The van der Waals surface area contributed by atoms with Crippen LogP contribution in [-0.4, -0.2) is 104 Å². The van der Waals surface area contributed by atoms with Gasteiger partial charge in [-0.05, 0) is 57.0 Å². The third kappa shape index (κ3) is 5.88. The van der Waals surface area contributed by atoms with Crippen molar-refractivity contribution < 1.29 is 33.6 Å². The molecular formula is C25H35N3O7. The molecule has 0 aliphatic carbocycles. The summed E-state index contributed by atoms with van der Waals surface area (Å²) in [7, 11) is 0. The summed E-state index contributed by atoms with van der Waals surface area (Å²) >= 11 is 0. The van der Waals surface area contributed by atoms with E-state index < -0.39 is 6.10 Å². The van der Waals surface area contributed by atoms with E-state index in [4.69, 9.17) is 18.9 Å². The number of fused-ring (bicyclic) bond motifs is 2. The molecule has 4 heterocycles. The number of benzene rings is 1. The van der Waals surface area contributed by atoms with Gasteiger partial charge in [0.25, 0.3) is 5.91 Å². The molecule has 35 heavy (non-hydrogen) atoms. The van der Waals surface area contributed by atoms with Gasteiger partial charge in [0.2, 0.25) is 12.7 Å². The number of aliphatic hydroxyl groups is 1. The van der Waals surface area contributed by atoms with Gasteiger partial charge in [0.15, 0.2) is 11.5 Å². The quantitative estimate of drug-likeness (QED) is 0.603. The van der Waals surface area contributed by atoms with Crippen LogP contribution in [0.15, 0.2) is 18.2 Å². The van der Waals surface area contributed by atoms with Gasteiger partial charge >= 0.3 is 0 Å². The van der Waals surface area contributed by atoms with Crippen LogP contribution in [-0.2, 0) is 14.3 Å². The molecule has 2 amide bonds. The Bertz CT molecular complexity index is 907. The summed E-state index contributed by atoms with van der Waals surface area (Å²) in [6.45, 7) is 4.43. The van der Waals surface area contributed by atoms with Gasteiger partial charge in [-0.3, -0.25) is 9.59 Å². The number of likely N-dealkylation sites (tertiary alicyclic amines) is 1. The minimum absolute atomic E-state index is 0.0110. The molecule has 0 unspecified atom stereocenters. The minimum Gasteiger partial charge on any atom is -0.454 e. The Morgan fingerprint density at radius 2 is 1.91 bits per heavy atom. The van der Waals surface area contributed by atoms with Crippen LogP contribution >= 0.6 is 0 Å². The molecule has 0 radical (unpaired) electrons. The predicted molar refractivity (Wildman–Crippen MR) is 125 cm³/mol. The third-order valence-corrected chi connectivity index (χ3v) is 7.22. The van der Waals surface area contributed by atoms with Crippen molar-refractivity contribution in [2.24, 2.45) is 0 Å². The Morgan fingerprint density at radius 3 is 2.77 bits per heavy atom. The van der Waals surface area contributed by atoms with Gasteiger partial charge in [-0.15, -0.1) is 0 Å². The van der Waals surface area contributed by atoms with E-state index >= 15 is 0 Å². The molecule has 10 nitrogen and oxygen atoms in total. The van der Waals surface area contributed by atoms with Gasteiger partial charge < -0.3 is 39.2 Å². The number of carbonyl (C=O) groups is 2. The summed E-state index contributed by atoms with van der Waals surface area (Å²) < 4.78 is 22.7. The smallest absolute Gasteiger partial charge is 0.254 e. The first kappa shape index (κ1) is 24.3. The largest absolute Gasteiger partial charge is 0.454 e. The zero-order chi connectivity index (χ0) is 24.2. The zero-order valence-corrected chi connectivity index (χ0v) is 20.0. The van der Waals surface area contributed by atoms with Gasteiger partial charge in [-0.2, -0.15) is 0 Å². The van der Waals surface area contributed by atoms with Crippen LogP contribution in [0.4, 0.5) is 0 Å². The van der Waals surface area contributed by atoms with Gasteiger partial charge in [0.05, 0.1) is 37.9 Å². The maximum absolute atomic E-state index is 13.5. The number of aliphatic hydroxyl groups excluding tert-OH is 1. The second kappa shape index (κ2) is 11.1. The average molecular weight is 490 g/mol. The molecule has 5 rings (SSSR count). The van der Waals surface area contributed by atoms with Gasteiger partial charge in [0, 0.05) is 25.2 Å². The van der Waals surface area contributed by atoms with E-state index in [1.54, 1.807) is 23.1 Å². The van der Waals surface area contributed by atoms with Crippen LogP contribution < -0.4 is 14.8 Å². The van der Waals surface area contributed by atoms with Crippen LogP contribution in [0, 0.1) is 0 Å². The number of β-amino-alcohol motifs (C(OH)–C–C–N with tert-alkyl or cyclic N) is 1. The minimum atomic E-state index is -0.784. The first-order chi connectivity index (χ1) is 17.1. The first-order valence-electron chi connectivity index (χ1n) is 12.7. The maximum atomic E-state index is 13.5. The molecule has 0 saturated carbocycles. The van der Waals surface area contributed by atoms with Crippen LogP contribution in [0.1, 0.15) is 42.5 Å². The number of nitrogens with zero attached hydrogens (tertiary/aromatic N) is 2. The summed E-state index contributed by atoms with van der Waals surface area (Å²) in [5.74, 6) is 0.950. The van der Waals surface area contributed by atoms with E-state index in [0.29, 0.717) is 42.9 Å². The van der Waals surface area contributed by atoms with Crippen LogP contribution in [0.3, 0.4) is 0 Å². The van der Waals surface area contributed by atoms with E-state index in [1.807, 2.05) is 0 Å². The number of hydrogen-bond acceptors (Lipinski definition) is 8. The Morgan fingerprint density at radius 1 is 1.09 bits per heavy atom. The monoisotopic (exact) mass is 489 g/mol. The Hall–Kier alpha value is -2.40. The lowest BCUT2D eigenvalue weighted by atomic mass is 9.94. The highest BCUT2D eigenvalue weighted by atomic mass is 16.7. The summed E-state index contributed by atoms with van der Waals surface area (Å²) in [4.78, 5) is 30.1. The van der Waals surface area contributed by atoms with Crippen molar-refractivity contribution in [3.63, 3.8) is 0 Å². The van der Waals surface area contributed by atoms with Crippen LogP contribution in [0.25, 0.3) is 0 Å². The fraction of sp³-hybridized carbons (Fsp3) is 0.680. The highest BCUT2D eigenvalue weighted by molar-refractivity contribution is 5.95. The van der Waals surface area contributed by atoms with Crippen molar-refractivity contribution in [3.8, 4) is 11.5 Å². The summed E-state index contributed by atoms with van der Waals surface area (Å²) in [5.41, 5.74) is 0.473. The molecule has 4 atom stereocenters. The molecule has 10 heteroatoms. The number of ether oxygens (including phenoxy) is 4. The molecule has 192 valence electrons. The predicted octanol–water partition coefficient (Wildman–Crippen LogP) is 0.767. The van der Waals surface area contributed by atoms with E-state index in [2.05, 4.69) is 10.2 Å². The summed E-state index contributed by atoms with van der Waals surface area (Å²) in [6.07, 6.45) is 2.72. The third-order valence-electron chi connectivity index (χ3n) is 7.22. The van der Waals surface area contributed by atoms with E-state index in [-0.39, 0.29) is 56.6 Å². The fourth-order valence-corrected chi connectivity index (χ4v) is 5.41. The van der Waals surface area contributed by atoms with Crippen molar-refractivity contribution in [1.82, 2.24) is 15.1 Å². The summed E-state index contributed by atoms with van der Waals surface area (Å²) in [6, 6.07) is 4.87. The molecule has 4 aliphatic rings. The number of amides is 2. The lowest BCUT2D eigenvalue weighted by Gasteiger charge is -2.44. The second-order valence-electron chi connectivity index (χ2n) is 9.76. The van der Waals surface area contributed by atoms with Gasteiger partial charge in [-0.25, -0.2) is 0 Å². The molecule has 1 aromatic carbocycles. The van der Waals surface area contributed by atoms with Crippen LogP contribution in [0.2, 0.25) is 0 Å². The van der Waals surface area contributed by atoms with Gasteiger partial charge in [0.1, 0.15) is 6.10 Å². The lowest BCUT2D eigenvalue weighted by Crippen LogP contribution is -2.57. The Labute approximate surface area is 205 Å². The summed E-state index contributed by atoms with van der Waals surface area (Å²) in [5, 5.41) is 13.4. The van der Waals surface area contributed by atoms with E-state index in [9.17, 15) is 14.7 Å². The van der Waals surface area contributed by atoms with Crippen molar-refractivity contribution in [1.29, 1.82) is 0 Å². The molecule has 0 bridgehead atoms. The molecular weight excluding hydrogens is 454 g/mol. The van der Waals surface area contributed by atoms with E-state index in [0.717, 1.165) is 19.6 Å². The fourth-order valence-electron chi connectivity index (χ4n) is 5.41. The van der Waals surface area contributed by atoms with Crippen molar-refractivity contribution in [2.75, 3.05) is 52.7 Å². The molecule has 3 saturated heterocycles.